The zero-order chi connectivity index (χ0) is 22.1. The van der Waals surface area contributed by atoms with Crippen molar-refractivity contribution in [3.8, 4) is 0 Å². The summed E-state index contributed by atoms with van der Waals surface area (Å²) in [5.74, 6) is 0.680. The van der Waals surface area contributed by atoms with Gasteiger partial charge in [0.25, 0.3) is 5.91 Å². The number of nitrogens with zero attached hydrogens (tertiary/aromatic N) is 2. The van der Waals surface area contributed by atoms with E-state index >= 15 is 0 Å². The molecule has 0 fully saturated rings. The van der Waals surface area contributed by atoms with Gasteiger partial charge in [-0.15, -0.1) is 0 Å². The summed E-state index contributed by atoms with van der Waals surface area (Å²) in [6.07, 6.45) is 13.1. The summed E-state index contributed by atoms with van der Waals surface area (Å²) in [4.78, 5) is 19.8. The van der Waals surface area contributed by atoms with Crippen molar-refractivity contribution in [2.24, 2.45) is 4.99 Å². The standard InChI is InChI=1S/C25H36N4O/c1-7-20-11-10-12-21(14-13-18(4)17-20)27-25(30)23-16-15-22(19(5)26-9-3)28-24(8-2)29(23)6/h7-8,16-17,21,26H,1,4-5,9-15H2,2-3,6H3,(H,27,30)/b20-17-,24-8-. The molecule has 0 aromatic heterocycles. The molecule has 5 heteroatoms. The lowest BCUT2D eigenvalue weighted by Gasteiger charge is -2.24. The monoisotopic (exact) mass is 408 g/mol. The summed E-state index contributed by atoms with van der Waals surface area (Å²) in [5.41, 5.74) is 4.58. The molecule has 1 unspecified atom stereocenters. The molecule has 2 rings (SSSR count). The predicted octanol–water partition coefficient (Wildman–Crippen LogP) is 4.75. The summed E-state index contributed by atoms with van der Waals surface area (Å²) < 4.78 is 0. The molecule has 0 radical (unpaired) electrons. The predicted molar refractivity (Wildman–Crippen MR) is 127 cm³/mol. The van der Waals surface area contributed by atoms with E-state index in [9.17, 15) is 4.79 Å². The Bertz CT molecular complexity index is 813. The number of carbonyl (C=O) groups excluding carboxylic acids is 1. The second kappa shape index (κ2) is 11.4. The van der Waals surface area contributed by atoms with Crippen molar-refractivity contribution in [3.05, 3.63) is 72.4 Å². The Kier molecular flexibility index (Phi) is 8.90. The van der Waals surface area contributed by atoms with Gasteiger partial charge in [0.2, 0.25) is 0 Å². The normalized spacial score (nSPS) is 23.6. The fraction of sp³-hybridized carbons (Fsp3) is 0.440. The quantitative estimate of drug-likeness (QED) is 0.667. The molecule has 0 aromatic rings. The first-order valence-corrected chi connectivity index (χ1v) is 10.8. The molecule has 0 saturated carbocycles. The molecule has 30 heavy (non-hydrogen) atoms. The van der Waals surface area contributed by atoms with Crippen LogP contribution in [0.5, 0.6) is 0 Å². The van der Waals surface area contributed by atoms with Gasteiger partial charge in [-0.05, 0) is 63.7 Å². The summed E-state index contributed by atoms with van der Waals surface area (Å²) >= 11 is 0. The molecule has 1 aliphatic carbocycles. The van der Waals surface area contributed by atoms with Crippen LogP contribution in [0.15, 0.2) is 77.4 Å². The highest BCUT2D eigenvalue weighted by molar-refractivity contribution is 6.02. The number of carbonyl (C=O) groups is 1. The highest BCUT2D eigenvalue weighted by Gasteiger charge is 2.23. The molecule has 1 aliphatic heterocycles. The topological polar surface area (TPSA) is 56.7 Å². The maximum atomic E-state index is 13.2. The lowest BCUT2D eigenvalue weighted by atomic mass is 10.0. The molecule has 1 atom stereocenters. The minimum absolute atomic E-state index is 0.0610. The van der Waals surface area contributed by atoms with Crippen molar-refractivity contribution >= 4 is 11.6 Å². The van der Waals surface area contributed by atoms with Crippen LogP contribution in [0.4, 0.5) is 0 Å². The lowest BCUT2D eigenvalue weighted by Crippen LogP contribution is -2.39. The van der Waals surface area contributed by atoms with Crippen molar-refractivity contribution < 1.29 is 4.79 Å². The second-order valence-electron chi connectivity index (χ2n) is 7.75. The average Bonchev–Trinajstić information content (AvgIpc) is 2.83. The third-order valence-corrected chi connectivity index (χ3v) is 5.49. The van der Waals surface area contributed by atoms with Gasteiger partial charge >= 0.3 is 0 Å². The van der Waals surface area contributed by atoms with E-state index in [0.29, 0.717) is 12.1 Å². The van der Waals surface area contributed by atoms with E-state index in [2.05, 4.69) is 36.4 Å². The first-order chi connectivity index (χ1) is 14.4. The van der Waals surface area contributed by atoms with Gasteiger partial charge in [0, 0.05) is 31.8 Å². The van der Waals surface area contributed by atoms with Crippen LogP contribution in [0.1, 0.15) is 52.4 Å². The maximum absolute atomic E-state index is 13.2. The number of rotatable bonds is 6. The van der Waals surface area contributed by atoms with Crippen LogP contribution < -0.4 is 10.6 Å². The first kappa shape index (κ1) is 23.5. The van der Waals surface area contributed by atoms with Gasteiger partial charge in [0.05, 0.1) is 5.71 Å². The number of amides is 1. The van der Waals surface area contributed by atoms with Gasteiger partial charge in [-0.1, -0.05) is 37.5 Å². The van der Waals surface area contributed by atoms with E-state index in [1.165, 1.54) is 5.57 Å². The molecule has 0 bridgehead atoms. The van der Waals surface area contributed by atoms with Gasteiger partial charge in [-0.3, -0.25) is 4.79 Å². The Morgan fingerprint density at radius 1 is 1.37 bits per heavy atom. The number of aliphatic imine (C=N–C) groups is 1. The van der Waals surface area contributed by atoms with Crippen molar-refractivity contribution in [2.45, 2.75) is 58.4 Å². The van der Waals surface area contributed by atoms with Gasteiger partial charge in [-0.2, -0.15) is 0 Å². The Morgan fingerprint density at radius 2 is 2.13 bits per heavy atom. The molecular weight excluding hydrogens is 372 g/mol. The van der Waals surface area contributed by atoms with Crippen LogP contribution in [-0.4, -0.2) is 36.2 Å². The first-order valence-electron chi connectivity index (χ1n) is 10.8. The Hall–Kier alpha value is -2.82. The molecule has 2 N–H and O–H groups in total. The number of hydrogen-bond donors (Lipinski definition) is 2. The summed E-state index contributed by atoms with van der Waals surface area (Å²) in [7, 11) is 1.88. The van der Waals surface area contributed by atoms with Crippen LogP contribution in [0.3, 0.4) is 0 Å². The molecular formula is C25H36N4O. The summed E-state index contributed by atoms with van der Waals surface area (Å²) in [5, 5.41) is 6.48. The molecule has 2 aliphatic rings. The Morgan fingerprint density at radius 3 is 2.80 bits per heavy atom. The molecule has 162 valence electrons. The Labute approximate surface area is 181 Å². The molecule has 0 saturated heterocycles. The minimum Gasteiger partial charge on any atom is -0.384 e. The van der Waals surface area contributed by atoms with E-state index in [4.69, 9.17) is 4.99 Å². The van der Waals surface area contributed by atoms with Crippen molar-refractivity contribution in [3.63, 3.8) is 0 Å². The summed E-state index contributed by atoms with van der Waals surface area (Å²) in [6, 6.07) is 0.121. The molecule has 1 heterocycles. The van der Waals surface area contributed by atoms with Gasteiger partial charge in [0.1, 0.15) is 11.5 Å². The van der Waals surface area contributed by atoms with E-state index in [1.807, 2.05) is 44.0 Å². The highest BCUT2D eigenvalue weighted by Crippen LogP contribution is 2.23. The van der Waals surface area contributed by atoms with Crippen molar-refractivity contribution in [2.75, 3.05) is 13.6 Å². The van der Waals surface area contributed by atoms with Crippen LogP contribution in [0.2, 0.25) is 0 Å². The number of nitrogens with one attached hydrogen (secondary N) is 2. The molecule has 0 spiro atoms. The fourth-order valence-corrected chi connectivity index (χ4v) is 3.75. The third kappa shape index (κ3) is 6.34. The van der Waals surface area contributed by atoms with E-state index in [0.717, 1.165) is 61.5 Å². The second-order valence-corrected chi connectivity index (χ2v) is 7.75. The summed E-state index contributed by atoms with van der Waals surface area (Å²) in [6.45, 7) is 16.9. The Balaban J connectivity index is 2.12. The van der Waals surface area contributed by atoms with Crippen LogP contribution in [-0.2, 0) is 4.79 Å². The zero-order valence-electron chi connectivity index (χ0n) is 18.8. The number of hydrogen-bond acceptors (Lipinski definition) is 4. The highest BCUT2D eigenvalue weighted by atomic mass is 16.2. The smallest absolute Gasteiger partial charge is 0.267 e. The maximum Gasteiger partial charge on any atom is 0.267 e. The van der Waals surface area contributed by atoms with Crippen LogP contribution >= 0.6 is 0 Å². The van der Waals surface area contributed by atoms with Gasteiger partial charge < -0.3 is 15.5 Å². The fourth-order valence-electron chi connectivity index (χ4n) is 3.75. The lowest BCUT2D eigenvalue weighted by molar-refractivity contribution is -0.119. The molecule has 1 amide bonds. The van der Waals surface area contributed by atoms with Crippen LogP contribution in [0, 0.1) is 0 Å². The SMILES string of the molecule is C=C/C1=C/C(=C)CCC(NC(=O)C2=CCC(C(=C)NCC)=N/C(=C/C)N2C)CCC1. The third-order valence-electron chi connectivity index (χ3n) is 5.49. The van der Waals surface area contributed by atoms with Gasteiger partial charge in [-0.25, -0.2) is 4.99 Å². The molecule has 0 aromatic carbocycles. The van der Waals surface area contributed by atoms with E-state index in [1.54, 1.807) is 0 Å². The molecule has 5 nitrogen and oxygen atoms in total. The number of likely N-dealkylation sites (N-methyl/N-ethyl adjacent to an activating group) is 1. The average molecular weight is 409 g/mol. The van der Waals surface area contributed by atoms with Crippen molar-refractivity contribution in [1.82, 2.24) is 15.5 Å². The number of allylic oxidation sites excluding steroid dienone is 7. The largest absolute Gasteiger partial charge is 0.384 e. The minimum atomic E-state index is -0.0610. The van der Waals surface area contributed by atoms with E-state index in [-0.39, 0.29) is 11.9 Å². The van der Waals surface area contributed by atoms with Crippen molar-refractivity contribution in [1.29, 1.82) is 0 Å². The zero-order valence-corrected chi connectivity index (χ0v) is 18.8. The van der Waals surface area contributed by atoms with E-state index < -0.39 is 0 Å². The van der Waals surface area contributed by atoms with Crippen LogP contribution in [0.25, 0.3) is 0 Å². The van der Waals surface area contributed by atoms with Gasteiger partial charge in [0.15, 0.2) is 0 Å².